The lowest BCUT2D eigenvalue weighted by Crippen LogP contribution is -2.15. The number of nitrogens with zero attached hydrogens (tertiary/aromatic N) is 3. The zero-order chi connectivity index (χ0) is 7.56. The summed E-state index contributed by atoms with van der Waals surface area (Å²) in [4.78, 5) is 14.4. The number of rotatable bonds is 0. The first kappa shape index (κ1) is 6.49. The number of nitriles is 1. The molecular weight excluding hydrogens is 130 g/mol. The van der Waals surface area contributed by atoms with Crippen LogP contribution >= 0.6 is 0 Å². The zero-order valence-electron chi connectivity index (χ0n) is 5.40. The van der Waals surface area contributed by atoms with Crippen LogP contribution in [0.3, 0.4) is 0 Å². The highest BCUT2D eigenvalue weighted by Crippen LogP contribution is 1.81. The molecule has 50 valence electrons. The molecule has 0 aliphatic heterocycles. The van der Waals surface area contributed by atoms with Gasteiger partial charge in [0.2, 0.25) is 0 Å². The minimum atomic E-state index is -0.216. The third-order valence-corrected chi connectivity index (χ3v) is 1.09. The van der Waals surface area contributed by atoms with Crippen molar-refractivity contribution in [1.82, 2.24) is 9.55 Å². The second-order valence-corrected chi connectivity index (χ2v) is 1.84. The van der Waals surface area contributed by atoms with Crippen LogP contribution in [0.1, 0.15) is 5.69 Å². The van der Waals surface area contributed by atoms with Crippen LogP contribution in [0.5, 0.6) is 0 Å². The Morgan fingerprint density at radius 2 is 2.50 bits per heavy atom. The number of hydrogen-bond donors (Lipinski definition) is 0. The van der Waals surface area contributed by atoms with Crippen molar-refractivity contribution < 1.29 is 0 Å². The molecule has 0 saturated heterocycles. The molecule has 4 heteroatoms. The van der Waals surface area contributed by atoms with E-state index in [1.807, 2.05) is 0 Å². The average molecular weight is 135 g/mol. The van der Waals surface area contributed by atoms with Crippen molar-refractivity contribution in [3.8, 4) is 6.07 Å². The third kappa shape index (κ3) is 1.03. The summed E-state index contributed by atoms with van der Waals surface area (Å²) < 4.78 is 1.31. The maximum absolute atomic E-state index is 10.8. The van der Waals surface area contributed by atoms with Crippen LogP contribution in [0.2, 0.25) is 0 Å². The van der Waals surface area contributed by atoms with E-state index in [9.17, 15) is 4.79 Å². The molecule has 0 bridgehead atoms. The first-order valence-corrected chi connectivity index (χ1v) is 2.67. The Kier molecular flexibility index (Phi) is 1.50. The molecule has 0 fully saturated rings. The minimum absolute atomic E-state index is 0.156. The van der Waals surface area contributed by atoms with Gasteiger partial charge in [0.25, 0.3) is 5.56 Å². The predicted octanol–water partition coefficient (Wildman–Crippen LogP) is -0.348. The fourth-order valence-electron chi connectivity index (χ4n) is 0.523. The van der Waals surface area contributed by atoms with E-state index in [2.05, 4.69) is 4.98 Å². The van der Waals surface area contributed by atoms with E-state index in [1.54, 1.807) is 13.1 Å². The maximum atomic E-state index is 10.8. The van der Waals surface area contributed by atoms with Crippen molar-refractivity contribution in [3.63, 3.8) is 0 Å². The molecule has 0 spiro atoms. The first-order valence-electron chi connectivity index (χ1n) is 2.67. The highest BCUT2D eigenvalue weighted by molar-refractivity contribution is 5.16. The Morgan fingerprint density at radius 3 is 3.00 bits per heavy atom. The molecule has 0 radical (unpaired) electrons. The van der Waals surface area contributed by atoms with Crippen LogP contribution in [0.4, 0.5) is 0 Å². The van der Waals surface area contributed by atoms with E-state index >= 15 is 0 Å². The molecule has 1 heterocycles. The average Bonchev–Trinajstić information content (AvgIpc) is 1.95. The van der Waals surface area contributed by atoms with Gasteiger partial charge in [-0.05, 0) is 0 Å². The summed E-state index contributed by atoms with van der Waals surface area (Å²) >= 11 is 0. The van der Waals surface area contributed by atoms with Crippen molar-refractivity contribution in [1.29, 1.82) is 5.26 Å². The second-order valence-electron chi connectivity index (χ2n) is 1.84. The summed E-state index contributed by atoms with van der Waals surface area (Å²) in [5.74, 6) is 0. The fraction of sp³-hybridized carbons (Fsp3) is 0.167. The summed E-state index contributed by atoms with van der Waals surface area (Å²) in [6, 6.07) is 2.96. The Bertz CT molecular complexity index is 334. The molecule has 1 rings (SSSR count). The highest BCUT2D eigenvalue weighted by Gasteiger charge is 1.92. The van der Waals surface area contributed by atoms with Gasteiger partial charge in [0.15, 0.2) is 0 Å². The maximum Gasteiger partial charge on any atom is 0.254 e. The lowest BCUT2D eigenvalue weighted by Gasteiger charge is -1.91. The smallest absolute Gasteiger partial charge is 0.254 e. The van der Waals surface area contributed by atoms with Gasteiger partial charge in [-0.15, -0.1) is 0 Å². The van der Waals surface area contributed by atoms with Crippen LogP contribution in [0.15, 0.2) is 17.2 Å². The number of aryl methyl sites for hydroxylation is 1. The Hall–Kier alpha value is -1.63. The van der Waals surface area contributed by atoms with Crippen molar-refractivity contribution in [2.45, 2.75) is 0 Å². The molecule has 0 unspecified atom stereocenters. The summed E-state index contributed by atoms with van der Waals surface area (Å²) in [7, 11) is 1.58. The van der Waals surface area contributed by atoms with Gasteiger partial charge in [-0.1, -0.05) is 0 Å². The van der Waals surface area contributed by atoms with Gasteiger partial charge in [-0.3, -0.25) is 4.79 Å². The first-order chi connectivity index (χ1) is 4.74. The van der Waals surface area contributed by atoms with E-state index in [4.69, 9.17) is 5.26 Å². The van der Waals surface area contributed by atoms with Gasteiger partial charge in [-0.25, -0.2) is 4.98 Å². The molecule has 0 aliphatic rings. The van der Waals surface area contributed by atoms with Crippen molar-refractivity contribution in [2.75, 3.05) is 0 Å². The van der Waals surface area contributed by atoms with Crippen molar-refractivity contribution in [2.24, 2.45) is 7.05 Å². The summed E-state index contributed by atoms with van der Waals surface area (Å²) in [5.41, 5.74) is -0.0605. The van der Waals surface area contributed by atoms with Gasteiger partial charge in [-0.2, -0.15) is 5.26 Å². The van der Waals surface area contributed by atoms with Gasteiger partial charge in [0.05, 0.1) is 6.33 Å². The van der Waals surface area contributed by atoms with Gasteiger partial charge < -0.3 is 4.57 Å². The second kappa shape index (κ2) is 2.31. The molecule has 10 heavy (non-hydrogen) atoms. The van der Waals surface area contributed by atoms with Crippen LogP contribution < -0.4 is 5.56 Å². The van der Waals surface area contributed by atoms with Crippen LogP contribution in [0.25, 0.3) is 0 Å². The molecule has 0 atom stereocenters. The summed E-state index contributed by atoms with van der Waals surface area (Å²) in [6.07, 6.45) is 1.32. The lowest BCUT2D eigenvalue weighted by atomic mass is 10.4. The molecule has 0 aliphatic carbocycles. The van der Waals surface area contributed by atoms with E-state index in [0.717, 1.165) is 0 Å². The largest absolute Gasteiger partial charge is 0.302 e. The summed E-state index contributed by atoms with van der Waals surface area (Å²) in [5, 5.41) is 8.29. The fourth-order valence-corrected chi connectivity index (χ4v) is 0.523. The van der Waals surface area contributed by atoms with Crippen LogP contribution in [-0.4, -0.2) is 9.55 Å². The van der Waals surface area contributed by atoms with Gasteiger partial charge in [0, 0.05) is 13.1 Å². The molecule has 4 nitrogen and oxygen atoms in total. The molecule has 0 aromatic carbocycles. The van der Waals surface area contributed by atoms with Crippen molar-refractivity contribution in [3.05, 3.63) is 28.4 Å². The quantitative estimate of drug-likeness (QED) is 0.488. The van der Waals surface area contributed by atoms with E-state index < -0.39 is 0 Å². The monoisotopic (exact) mass is 135 g/mol. The van der Waals surface area contributed by atoms with E-state index in [0.29, 0.717) is 0 Å². The topological polar surface area (TPSA) is 58.7 Å². The Balaban J connectivity index is 3.34. The molecule has 1 aromatic rings. The van der Waals surface area contributed by atoms with Crippen molar-refractivity contribution >= 4 is 0 Å². The standard InChI is InChI=1S/C6H5N3O/c1-9-4-8-5(3-7)2-6(9)10/h2,4H,1H3. The highest BCUT2D eigenvalue weighted by atomic mass is 16.1. The third-order valence-electron chi connectivity index (χ3n) is 1.09. The minimum Gasteiger partial charge on any atom is -0.302 e. The van der Waals surface area contributed by atoms with Gasteiger partial charge in [0.1, 0.15) is 11.8 Å². The molecule has 0 amide bonds. The Labute approximate surface area is 57.4 Å². The SMILES string of the molecule is Cn1cnc(C#N)cc1=O. The normalized spacial score (nSPS) is 8.80. The predicted molar refractivity (Wildman–Crippen MR) is 34.2 cm³/mol. The van der Waals surface area contributed by atoms with E-state index in [1.165, 1.54) is 17.0 Å². The van der Waals surface area contributed by atoms with Crippen LogP contribution in [-0.2, 0) is 7.05 Å². The molecule has 0 saturated carbocycles. The number of aromatic nitrogens is 2. The lowest BCUT2D eigenvalue weighted by molar-refractivity contribution is 0.820. The number of hydrogen-bond acceptors (Lipinski definition) is 3. The molecular formula is C6H5N3O. The molecule has 0 N–H and O–H groups in total. The zero-order valence-corrected chi connectivity index (χ0v) is 5.40. The van der Waals surface area contributed by atoms with E-state index in [-0.39, 0.29) is 11.3 Å². The summed E-state index contributed by atoms with van der Waals surface area (Å²) in [6.45, 7) is 0. The Morgan fingerprint density at radius 1 is 1.80 bits per heavy atom. The molecule has 1 aromatic heterocycles. The van der Waals surface area contributed by atoms with Crippen LogP contribution in [0, 0.1) is 11.3 Å². The van der Waals surface area contributed by atoms with Gasteiger partial charge >= 0.3 is 0 Å².